The van der Waals surface area contributed by atoms with Crippen LogP contribution >= 0.6 is 0 Å². The summed E-state index contributed by atoms with van der Waals surface area (Å²) in [6.45, 7) is -1.50. The van der Waals surface area contributed by atoms with Crippen LogP contribution in [0.25, 0.3) is 0 Å². The minimum absolute atomic E-state index is 0. The molecule has 0 aliphatic rings. The molecule has 3 N–H and O–H groups in total. The summed E-state index contributed by atoms with van der Waals surface area (Å²) in [6.07, 6.45) is 0. The van der Waals surface area contributed by atoms with E-state index in [0.29, 0.717) is 0 Å². The van der Waals surface area contributed by atoms with E-state index >= 15 is 0 Å². The molecule has 0 rings (SSSR count). The molecule has 0 spiro atoms. The van der Waals surface area contributed by atoms with E-state index in [2.05, 4.69) is 9.31 Å². The van der Waals surface area contributed by atoms with Gasteiger partial charge in [-0.25, -0.2) is 9.59 Å². The summed E-state index contributed by atoms with van der Waals surface area (Å²) in [7, 11) is -1.82. The van der Waals surface area contributed by atoms with Gasteiger partial charge in [-0.1, -0.05) is 0 Å². The van der Waals surface area contributed by atoms with Crippen LogP contribution in [-0.4, -0.2) is 66.6 Å². The third-order valence-electron chi connectivity index (χ3n) is 0.699. The van der Waals surface area contributed by atoms with Crippen LogP contribution in [0.4, 0.5) is 0 Å². The zero-order chi connectivity index (χ0) is 9.56. The third kappa shape index (κ3) is 11.5. The Morgan fingerprint density at radius 1 is 1.08 bits per heavy atom. The van der Waals surface area contributed by atoms with Crippen LogP contribution in [0.1, 0.15) is 0 Å². The molecule has 0 aromatic heterocycles. The summed E-state index contributed by atoms with van der Waals surface area (Å²) < 4.78 is 8.25. The van der Waals surface area contributed by atoms with Gasteiger partial charge in [0.05, 0.1) is 0 Å². The number of carboxylic acids is 2. The van der Waals surface area contributed by atoms with E-state index < -0.39 is 32.5 Å². The maximum absolute atomic E-state index is 9.83. The number of rotatable bonds is 6. The van der Waals surface area contributed by atoms with Gasteiger partial charge >= 0.3 is 38.1 Å². The molecule has 0 aromatic rings. The predicted molar refractivity (Wildman–Crippen MR) is 42.3 cm³/mol. The molecular formula is C4H8BLiO7. The number of hydrogen-bond acceptors (Lipinski definition) is 5. The van der Waals surface area contributed by atoms with Crippen LogP contribution in [-0.2, 0) is 18.9 Å². The van der Waals surface area contributed by atoms with Crippen LogP contribution in [0.3, 0.4) is 0 Å². The van der Waals surface area contributed by atoms with Crippen molar-refractivity contribution in [3.8, 4) is 0 Å². The Bertz CT molecular complexity index is 156. The van der Waals surface area contributed by atoms with E-state index in [1.807, 2.05) is 0 Å². The Balaban J connectivity index is 0. The van der Waals surface area contributed by atoms with Crippen LogP contribution in [0, 0.1) is 0 Å². The first-order valence-electron chi connectivity index (χ1n) is 2.87. The Labute approximate surface area is 86.0 Å². The van der Waals surface area contributed by atoms with Crippen molar-refractivity contribution in [2.45, 2.75) is 0 Å². The topological polar surface area (TPSA) is 113 Å². The first kappa shape index (κ1) is 15.0. The third-order valence-corrected chi connectivity index (χ3v) is 0.699. The average molecular weight is 186 g/mol. The van der Waals surface area contributed by atoms with Gasteiger partial charge in [-0.3, -0.25) is 0 Å². The molecule has 0 amide bonds. The fraction of sp³-hybridized carbons (Fsp3) is 0.500. The van der Waals surface area contributed by atoms with Crippen molar-refractivity contribution >= 4 is 38.1 Å². The fourth-order valence-electron chi connectivity index (χ4n) is 0.333. The normalized spacial score (nSPS) is 8.69. The van der Waals surface area contributed by atoms with Crippen molar-refractivity contribution in [1.82, 2.24) is 0 Å². The van der Waals surface area contributed by atoms with Crippen LogP contribution < -0.4 is 0 Å². The second-order valence-electron chi connectivity index (χ2n) is 1.72. The average Bonchev–Trinajstić information content (AvgIpc) is 1.96. The summed E-state index contributed by atoms with van der Waals surface area (Å²) in [4.78, 5) is 19.7. The molecule has 0 aliphatic heterocycles. The van der Waals surface area contributed by atoms with Crippen molar-refractivity contribution < 1.29 is 34.1 Å². The summed E-state index contributed by atoms with van der Waals surface area (Å²) in [5, 5.41) is 24.6. The van der Waals surface area contributed by atoms with E-state index in [-0.39, 0.29) is 18.9 Å². The van der Waals surface area contributed by atoms with Crippen LogP contribution in [0.2, 0.25) is 0 Å². The molecule has 0 radical (unpaired) electrons. The van der Waals surface area contributed by atoms with Gasteiger partial charge in [-0.05, 0) is 0 Å². The van der Waals surface area contributed by atoms with E-state index in [1.165, 1.54) is 0 Å². The number of aliphatic carboxylic acids is 2. The molecule has 0 heterocycles. The van der Waals surface area contributed by atoms with Gasteiger partial charge in [-0.2, -0.15) is 0 Å². The van der Waals surface area contributed by atoms with Crippen LogP contribution in [0.15, 0.2) is 0 Å². The molecule has 0 atom stereocenters. The standard InChI is InChI=1S/C4H7BO7.Li.H/c6-3(7)1-11-5(10)12-2-4(8)9;;/h10H,1-2H2,(H,6,7)(H,8,9);;. The molecule has 7 nitrogen and oxygen atoms in total. The molecule has 13 heavy (non-hydrogen) atoms. The Morgan fingerprint density at radius 3 is 1.62 bits per heavy atom. The Morgan fingerprint density at radius 2 is 1.38 bits per heavy atom. The predicted octanol–water partition coefficient (Wildman–Crippen LogP) is -2.48. The van der Waals surface area contributed by atoms with Gasteiger partial charge < -0.3 is 24.5 Å². The fourth-order valence-corrected chi connectivity index (χ4v) is 0.333. The van der Waals surface area contributed by atoms with Crippen molar-refractivity contribution in [3.63, 3.8) is 0 Å². The molecule has 9 heteroatoms. The van der Waals surface area contributed by atoms with Crippen molar-refractivity contribution in [3.05, 3.63) is 0 Å². The number of hydrogen-bond donors (Lipinski definition) is 3. The van der Waals surface area contributed by atoms with Gasteiger partial charge in [0, 0.05) is 0 Å². The zero-order valence-corrected chi connectivity index (χ0v) is 5.97. The molecule has 0 aromatic carbocycles. The first-order valence-corrected chi connectivity index (χ1v) is 2.87. The van der Waals surface area contributed by atoms with E-state index in [0.717, 1.165) is 0 Å². The molecule has 0 fully saturated rings. The summed E-state index contributed by atoms with van der Waals surface area (Å²) in [5.74, 6) is -2.57. The van der Waals surface area contributed by atoms with Gasteiger partial charge in [-0.15, -0.1) is 0 Å². The van der Waals surface area contributed by atoms with E-state index in [1.54, 1.807) is 0 Å². The zero-order valence-electron chi connectivity index (χ0n) is 5.97. The minimum atomic E-state index is -1.82. The monoisotopic (exact) mass is 186 g/mol. The van der Waals surface area contributed by atoms with Crippen molar-refractivity contribution in [2.24, 2.45) is 0 Å². The second-order valence-corrected chi connectivity index (χ2v) is 1.72. The molecule has 0 saturated heterocycles. The van der Waals surface area contributed by atoms with Crippen molar-refractivity contribution in [1.29, 1.82) is 0 Å². The molecule has 0 bridgehead atoms. The maximum atomic E-state index is 9.83. The van der Waals surface area contributed by atoms with Gasteiger partial charge in [0.2, 0.25) is 0 Å². The van der Waals surface area contributed by atoms with E-state index in [4.69, 9.17) is 15.2 Å². The quantitative estimate of drug-likeness (QED) is 0.393. The molecule has 0 saturated carbocycles. The Kier molecular flexibility index (Phi) is 9.33. The molecular weight excluding hydrogens is 178 g/mol. The summed E-state index contributed by atoms with van der Waals surface area (Å²) >= 11 is 0. The van der Waals surface area contributed by atoms with Gasteiger partial charge in [0.15, 0.2) is 0 Å². The molecule has 0 unspecified atom stereocenters. The number of carbonyl (C=O) groups is 2. The SMILES string of the molecule is O=C(O)COB(O)OCC(=O)O.[LiH]. The second kappa shape index (κ2) is 8.10. The van der Waals surface area contributed by atoms with Crippen molar-refractivity contribution in [2.75, 3.05) is 13.2 Å². The Hall–Kier alpha value is -0.518. The number of carboxylic acid groups (broad SMARTS) is 2. The molecule has 0 aliphatic carbocycles. The van der Waals surface area contributed by atoms with Gasteiger partial charge in [0.25, 0.3) is 0 Å². The van der Waals surface area contributed by atoms with E-state index in [9.17, 15) is 9.59 Å². The molecule has 70 valence electrons. The summed E-state index contributed by atoms with van der Waals surface area (Å²) in [5.41, 5.74) is 0. The first-order chi connectivity index (χ1) is 5.52. The van der Waals surface area contributed by atoms with Crippen LogP contribution in [0.5, 0.6) is 0 Å². The summed E-state index contributed by atoms with van der Waals surface area (Å²) in [6, 6.07) is 0. The van der Waals surface area contributed by atoms with Gasteiger partial charge in [0.1, 0.15) is 13.2 Å².